The highest BCUT2D eigenvalue weighted by Gasteiger charge is 2.10. The van der Waals surface area contributed by atoms with E-state index in [0.29, 0.717) is 18.7 Å². The van der Waals surface area contributed by atoms with E-state index in [0.717, 1.165) is 36.5 Å². The van der Waals surface area contributed by atoms with Gasteiger partial charge in [-0.25, -0.2) is 9.78 Å². The van der Waals surface area contributed by atoms with Gasteiger partial charge < -0.3 is 15.4 Å². The van der Waals surface area contributed by atoms with Crippen molar-refractivity contribution in [3.8, 4) is 5.75 Å². The third kappa shape index (κ3) is 4.22. The third-order valence-corrected chi connectivity index (χ3v) is 3.83. The van der Waals surface area contributed by atoms with Crippen LogP contribution in [-0.4, -0.2) is 24.2 Å². The number of carbonyl (C=O) groups excluding carboxylic acids is 1. The van der Waals surface area contributed by atoms with E-state index >= 15 is 0 Å². The molecule has 0 fully saturated rings. The first-order valence-corrected chi connectivity index (χ1v) is 7.96. The first-order chi connectivity index (χ1) is 11.2. The first kappa shape index (κ1) is 15.3. The summed E-state index contributed by atoms with van der Waals surface area (Å²) in [5, 5.41) is 6.07. The molecule has 0 aliphatic carbocycles. The highest BCUT2D eigenvalue weighted by Crippen LogP contribution is 2.19. The number of fused-ring (bicyclic) bond motifs is 1. The second-order valence-corrected chi connectivity index (χ2v) is 5.72. The molecule has 1 aromatic heterocycles. The van der Waals surface area contributed by atoms with Crippen LogP contribution >= 0.6 is 0 Å². The number of hydrogen-bond acceptors (Lipinski definition) is 4. The summed E-state index contributed by atoms with van der Waals surface area (Å²) in [5.41, 5.74) is 3.37. The average molecular weight is 311 g/mol. The topological polar surface area (TPSA) is 63.2 Å². The number of hydrogen-bond donors (Lipinski definition) is 2. The molecule has 120 valence electrons. The van der Waals surface area contributed by atoms with Gasteiger partial charge in [0, 0.05) is 25.2 Å². The van der Waals surface area contributed by atoms with Gasteiger partial charge in [-0.1, -0.05) is 23.8 Å². The van der Waals surface area contributed by atoms with Crippen LogP contribution in [0.25, 0.3) is 0 Å². The van der Waals surface area contributed by atoms with Crippen LogP contribution in [0.2, 0.25) is 0 Å². The van der Waals surface area contributed by atoms with Gasteiger partial charge in [0.1, 0.15) is 11.6 Å². The molecular formula is C18H21N3O2. The highest BCUT2D eigenvalue weighted by molar-refractivity contribution is 5.70. The fourth-order valence-electron chi connectivity index (χ4n) is 2.55. The molecule has 0 saturated heterocycles. The summed E-state index contributed by atoms with van der Waals surface area (Å²) in [6, 6.07) is 11.5. The van der Waals surface area contributed by atoms with Gasteiger partial charge in [-0.15, -0.1) is 0 Å². The van der Waals surface area contributed by atoms with Gasteiger partial charge in [0.2, 0.25) is 0 Å². The number of nitrogens with zero attached hydrogens (tertiary/aromatic N) is 1. The van der Waals surface area contributed by atoms with E-state index in [1.165, 1.54) is 5.56 Å². The Labute approximate surface area is 136 Å². The van der Waals surface area contributed by atoms with Crippen molar-refractivity contribution in [2.24, 2.45) is 0 Å². The van der Waals surface area contributed by atoms with E-state index in [2.05, 4.69) is 21.7 Å². The van der Waals surface area contributed by atoms with Crippen molar-refractivity contribution in [3.05, 3.63) is 53.2 Å². The zero-order chi connectivity index (χ0) is 16.1. The lowest BCUT2D eigenvalue weighted by Crippen LogP contribution is -2.29. The Kier molecular flexibility index (Phi) is 4.76. The van der Waals surface area contributed by atoms with E-state index in [4.69, 9.17) is 4.74 Å². The number of pyridine rings is 1. The summed E-state index contributed by atoms with van der Waals surface area (Å²) < 4.78 is 5.22. The number of aryl methyl sites for hydroxylation is 2. The number of rotatable bonds is 4. The summed E-state index contributed by atoms with van der Waals surface area (Å²) in [5.74, 6) is 1.53. The smallest absolute Gasteiger partial charge is 0.410 e. The Hall–Kier alpha value is -2.56. The SMILES string of the molecule is Cc1ccc(OC(=O)NCCc2ccc3c(n2)NCCC3)cc1. The molecule has 0 unspecified atom stereocenters. The summed E-state index contributed by atoms with van der Waals surface area (Å²) in [7, 11) is 0. The molecule has 0 spiro atoms. The molecule has 0 atom stereocenters. The highest BCUT2D eigenvalue weighted by atomic mass is 16.5. The predicted octanol–water partition coefficient (Wildman–Crippen LogP) is 3.08. The molecule has 1 aromatic carbocycles. The van der Waals surface area contributed by atoms with Crippen LogP contribution in [0.15, 0.2) is 36.4 Å². The first-order valence-electron chi connectivity index (χ1n) is 7.96. The molecule has 3 rings (SSSR count). The van der Waals surface area contributed by atoms with Crippen molar-refractivity contribution in [2.45, 2.75) is 26.2 Å². The third-order valence-electron chi connectivity index (χ3n) is 3.83. The van der Waals surface area contributed by atoms with Gasteiger partial charge in [0.25, 0.3) is 0 Å². The van der Waals surface area contributed by atoms with Gasteiger partial charge in [-0.2, -0.15) is 0 Å². The second kappa shape index (κ2) is 7.13. The van der Waals surface area contributed by atoms with Crippen LogP contribution in [0.4, 0.5) is 10.6 Å². The maximum atomic E-state index is 11.8. The summed E-state index contributed by atoms with van der Waals surface area (Å²) in [6.45, 7) is 3.46. The van der Waals surface area contributed by atoms with Crippen molar-refractivity contribution in [1.29, 1.82) is 0 Å². The molecule has 1 aliphatic rings. The van der Waals surface area contributed by atoms with E-state index in [9.17, 15) is 4.79 Å². The van der Waals surface area contributed by atoms with Crippen molar-refractivity contribution in [1.82, 2.24) is 10.3 Å². The fourth-order valence-corrected chi connectivity index (χ4v) is 2.55. The molecule has 2 aromatic rings. The number of carbonyl (C=O) groups is 1. The Balaban J connectivity index is 1.47. The zero-order valence-corrected chi connectivity index (χ0v) is 13.3. The van der Waals surface area contributed by atoms with E-state index in [-0.39, 0.29) is 0 Å². The number of ether oxygens (including phenoxy) is 1. The number of nitrogens with one attached hydrogen (secondary N) is 2. The minimum atomic E-state index is -0.440. The molecule has 5 heteroatoms. The Morgan fingerprint density at radius 3 is 2.91 bits per heavy atom. The van der Waals surface area contributed by atoms with Crippen LogP contribution < -0.4 is 15.4 Å². The fraction of sp³-hybridized carbons (Fsp3) is 0.333. The zero-order valence-electron chi connectivity index (χ0n) is 13.3. The van der Waals surface area contributed by atoms with E-state index in [1.54, 1.807) is 12.1 Å². The quantitative estimate of drug-likeness (QED) is 0.911. The van der Waals surface area contributed by atoms with Crippen LogP contribution in [0, 0.1) is 6.92 Å². The van der Waals surface area contributed by atoms with Crippen molar-refractivity contribution in [3.63, 3.8) is 0 Å². The minimum absolute atomic E-state index is 0.440. The number of anilines is 1. The lowest BCUT2D eigenvalue weighted by Gasteiger charge is -2.17. The van der Waals surface area contributed by atoms with Gasteiger partial charge >= 0.3 is 6.09 Å². The Bertz CT molecular complexity index is 683. The van der Waals surface area contributed by atoms with Gasteiger partial charge in [-0.05, 0) is 43.5 Å². The molecule has 0 saturated carbocycles. The van der Waals surface area contributed by atoms with Crippen LogP contribution in [0.1, 0.15) is 23.2 Å². The van der Waals surface area contributed by atoms with E-state index < -0.39 is 6.09 Å². The van der Waals surface area contributed by atoms with E-state index in [1.807, 2.05) is 25.1 Å². The molecular weight excluding hydrogens is 290 g/mol. The van der Waals surface area contributed by atoms with Crippen LogP contribution in [0.5, 0.6) is 5.75 Å². The standard InChI is InChI=1S/C18H21N3O2/c1-13-4-8-16(9-5-13)23-18(22)20-12-10-15-7-6-14-3-2-11-19-17(14)21-15/h4-9H,2-3,10-12H2,1H3,(H,19,21)(H,20,22). The molecule has 2 N–H and O–H groups in total. The summed E-state index contributed by atoms with van der Waals surface area (Å²) >= 11 is 0. The second-order valence-electron chi connectivity index (χ2n) is 5.72. The molecule has 0 bridgehead atoms. The normalized spacial score (nSPS) is 12.9. The van der Waals surface area contributed by atoms with Crippen LogP contribution in [-0.2, 0) is 12.8 Å². The monoisotopic (exact) mass is 311 g/mol. The molecule has 23 heavy (non-hydrogen) atoms. The van der Waals surface area contributed by atoms with Crippen molar-refractivity contribution < 1.29 is 9.53 Å². The lowest BCUT2D eigenvalue weighted by molar-refractivity contribution is 0.200. The average Bonchev–Trinajstić information content (AvgIpc) is 2.57. The van der Waals surface area contributed by atoms with Gasteiger partial charge in [-0.3, -0.25) is 0 Å². The Morgan fingerprint density at radius 1 is 1.26 bits per heavy atom. The minimum Gasteiger partial charge on any atom is -0.410 e. The molecule has 1 aliphatic heterocycles. The number of aromatic nitrogens is 1. The maximum Gasteiger partial charge on any atom is 0.412 e. The van der Waals surface area contributed by atoms with Crippen molar-refractivity contribution >= 4 is 11.9 Å². The van der Waals surface area contributed by atoms with Crippen molar-refractivity contribution in [2.75, 3.05) is 18.4 Å². The molecule has 0 radical (unpaired) electrons. The number of benzene rings is 1. The maximum absolute atomic E-state index is 11.8. The Morgan fingerprint density at radius 2 is 2.09 bits per heavy atom. The van der Waals surface area contributed by atoms with Gasteiger partial charge in [0.05, 0.1) is 0 Å². The lowest BCUT2D eigenvalue weighted by atomic mass is 10.1. The molecule has 2 heterocycles. The summed E-state index contributed by atoms with van der Waals surface area (Å²) in [6.07, 6.45) is 2.47. The predicted molar refractivity (Wildman–Crippen MR) is 90.0 cm³/mol. The molecule has 1 amide bonds. The van der Waals surface area contributed by atoms with Gasteiger partial charge in [0.15, 0.2) is 0 Å². The largest absolute Gasteiger partial charge is 0.412 e. The molecule has 5 nitrogen and oxygen atoms in total. The summed E-state index contributed by atoms with van der Waals surface area (Å²) in [4.78, 5) is 16.4. The van der Waals surface area contributed by atoms with Crippen LogP contribution in [0.3, 0.4) is 0 Å². The number of amides is 1.